The van der Waals surface area contributed by atoms with Gasteiger partial charge in [0, 0.05) is 0 Å². The maximum atomic E-state index is 11.8. The second kappa shape index (κ2) is 8.10. The second-order valence-electron chi connectivity index (χ2n) is 5.50. The van der Waals surface area contributed by atoms with Crippen LogP contribution >= 0.6 is 0 Å². The molecule has 0 amide bonds. The van der Waals surface area contributed by atoms with Gasteiger partial charge < -0.3 is 15.3 Å². The van der Waals surface area contributed by atoms with E-state index in [1.54, 1.807) is 38.3 Å². The van der Waals surface area contributed by atoms with Crippen molar-refractivity contribution in [2.75, 3.05) is 7.11 Å². The molecular formula is C16H19N5O5. The SMILES string of the molecule is COc1ccc(CC(=O)O/N=C(/N)Cn2nc(C)c([N+](=O)[O-])c2C)cc1. The zero-order valence-corrected chi connectivity index (χ0v) is 14.6. The molecule has 0 fully saturated rings. The Bertz CT molecular complexity index is 841. The van der Waals surface area contributed by atoms with Crippen LogP contribution in [0.1, 0.15) is 17.0 Å². The molecular weight excluding hydrogens is 342 g/mol. The van der Waals surface area contributed by atoms with Crippen molar-refractivity contribution in [3.8, 4) is 5.75 Å². The molecule has 1 heterocycles. The number of rotatable bonds is 7. The lowest BCUT2D eigenvalue weighted by atomic mass is 10.1. The molecule has 10 heteroatoms. The standard InChI is InChI=1S/C16H19N5O5/c1-10-16(21(23)24)11(2)20(18-10)9-14(17)19-26-15(22)8-12-4-6-13(25-3)7-5-12/h4-7H,8-9H2,1-3H3,(H2,17,19). The molecule has 0 atom stereocenters. The number of benzene rings is 1. The third kappa shape index (κ3) is 4.56. The molecule has 0 aliphatic rings. The largest absolute Gasteiger partial charge is 0.497 e. The maximum absolute atomic E-state index is 11.8. The van der Waals surface area contributed by atoms with Crippen LogP contribution < -0.4 is 10.5 Å². The normalized spacial score (nSPS) is 11.3. The molecule has 2 N–H and O–H groups in total. The third-order valence-electron chi connectivity index (χ3n) is 3.61. The van der Waals surface area contributed by atoms with Crippen LogP contribution in [0, 0.1) is 24.0 Å². The summed E-state index contributed by atoms with van der Waals surface area (Å²) in [4.78, 5) is 27.1. The highest BCUT2D eigenvalue weighted by molar-refractivity contribution is 5.81. The summed E-state index contributed by atoms with van der Waals surface area (Å²) in [5.74, 6) is 0.0643. The first-order valence-electron chi connectivity index (χ1n) is 7.65. The summed E-state index contributed by atoms with van der Waals surface area (Å²) in [6, 6.07) is 6.94. The minimum atomic E-state index is -0.586. The van der Waals surface area contributed by atoms with Crippen LogP contribution in [-0.4, -0.2) is 33.6 Å². The van der Waals surface area contributed by atoms with Gasteiger partial charge in [-0.1, -0.05) is 17.3 Å². The number of amidine groups is 1. The second-order valence-corrected chi connectivity index (χ2v) is 5.50. The number of ether oxygens (including phenoxy) is 1. The van der Waals surface area contributed by atoms with Gasteiger partial charge >= 0.3 is 11.7 Å². The van der Waals surface area contributed by atoms with Crippen LogP contribution in [0.4, 0.5) is 5.69 Å². The number of carbonyl (C=O) groups excluding carboxylic acids is 1. The average Bonchev–Trinajstić information content (AvgIpc) is 2.87. The molecule has 0 aliphatic carbocycles. The average molecular weight is 361 g/mol. The third-order valence-corrected chi connectivity index (χ3v) is 3.61. The number of aromatic nitrogens is 2. The summed E-state index contributed by atoms with van der Waals surface area (Å²) in [5, 5.41) is 18.6. The van der Waals surface area contributed by atoms with Gasteiger partial charge in [-0.25, -0.2) is 4.79 Å². The molecule has 0 saturated heterocycles. The minimum absolute atomic E-state index is 0.0200. The van der Waals surface area contributed by atoms with E-state index in [0.717, 1.165) is 5.56 Å². The molecule has 2 rings (SSSR count). The number of carbonyl (C=O) groups is 1. The lowest BCUT2D eigenvalue weighted by Crippen LogP contribution is -2.22. The van der Waals surface area contributed by atoms with Crippen molar-refractivity contribution in [3.63, 3.8) is 0 Å². The van der Waals surface area contributed by atoms with E-state index in [0.29, 0.717) is 11.4 Å². The Morgan fingerprint density at radius 3 is 2.54 bits per heavy atom. The first-order valence-corrected chi connectivity index (χ1v) is 7.65. The Labute approximate surface area is 149 Å². The molecule has 0 aliphatic heterocycles. The minimum Gasteiger partial charge on any atom is -0.497 e. The highest BCUT2D eigenvalue weighted by Gasteiger charge is 2.22. The van der Waals surface area contributed by atoms with Crippen molar-refractivity contribution in [3.05, 3.63) is 51.3 Å². The molecule has 1 aromatic heterocycles. The number of nitrogens with zero attached hydrogens (tertiary/aromatic N) is 4. The van der Waals surface area contributed by atoms with Crippen LogP contribution in [0.15, 0.2) is 29.4 Å². The number of hydrogen-bond acceptors (Lipinski definition) is 7. The lowest BCUT2D eigenvalue weighted by Gasteiger charge is -2.04. The highest BCUT2D eigenvalue weighted by Crippen LogP contribution is 2.21. The van der Waals surface area contributed by atoms with Crippen molar-refractivity contribution in [2.24, 2.45) is 10.9 Å². The number of aryl methyl sites for hydroxylation is 1. The Kier molecular flexibility index (Phi) is 5.89. The van der Waals surface area contributed by atoms with E-state index in [1.807, 2.05) is 0 Å². The first-order chi connectivity index (χ1) is 12.3. The summed E-state index contributed by atoms with van der Waals surface area (Å²) in [7, 11) is 1.55. The summed E-state index contributed by atoms with van der Waals surface area (Å²) in [5.41, 5.74) is 6.99. The van der Waals surface area contributed by atoms with Gasteiger partial charge in [-0.2, -0.15) is 5.10 Å². The van der Waals surface area contributed by atoms with Crippen LogP contribution in [-0.2, 0) is 22.6 Å². The van der Waals surface area contributed by atoms with Crippen LogP contribution in [0.2, 0.25) is 0 Å². The predicted molar refractivity (Wildman–Crippen MR) is 92.8 cm³/mol. The fourth-order valence-electron chi connectivity index (χ4n) is 2.34. The van der Waals surface area contributed by atoms with Crippen LogP contribution in [0.25, 0.3) is 0 Å². The van der Waals surface area contributed by atoms with Gasteiger partial charge in [-0.05, 0) is 31.5 Å². The Morgan fingerprint density at radius 2 is 2.00 bits per heavy atom. The number of hydrogen-bond donors (Lipinski definition) is 1. The Morgan fingerprint density at radius 1 is 1.35 bits per heavy atom. The summed E-state index contributed by atoms with van der Waals surface area (Å²) in [6.45, 7) is 3.06. The topological polar surface area (TPSA) is 135 Å². The first kappa shape index (κ1) is 18.9. The molecule has 0 radical (unpaired) electrons. The Balaban J connectivity index is 1.96. The monoisotopic (exact) mass is 361 g/mol. The van der Waals surface area contributed by atoms with Crippen LogP contribution in [0.5, 0.6) is 5.75 Å². The van der Waals surface area contributed by atoms with E-state index in [-0.39, 0.29) is 30.2 Å². The fourth-order valence-corrected chi connectivity index (χ4v) is 2.34. The van der Waals surface area contributed by atoms with Crippen molar-refractivity contribution >= 4 is 17.5 Å². The maximum Gasteiger partial charge on any atom is 0.339 e. The zero-order valence-electron chi connectivity index (χ0n) is 14.6. The van der Waals surface area contributed by atoms with Crippen molar-refractivity contribution in [2.45, 2.75) is 26.8 Å². The molecule has 1 aromatic carbocycles. The van der Waals surface area contributed by atoms with Gasteiger partial charge in [-0.3, -0.25) is 14.8 Å². The number of methoxy groups -OCH3 is 1. The molecule has 0 unspecified atom stereocenters. The van der Waals surface area contributed by atoms with Gasteiger partial charge in [-0.15, -0.1) is 0 Å². The van der Waals surface area contributed by atoms with Gasteiger partial charge in [0.05, 0.1) is 18.5 Å². The molecule has 26 heavy (non-hydrogen) atoms. The summed E-state index contributed by atoms with van der Waals surface area (Å²) in [6.07, 6.45) is 0.0200. The van der Waals surface area contributed by atoms with Gasteiger partial charge in [0.2, 0.25) is 0 Å². The van der Waals surface area contributed by atoms with Crippen molar-refractivity contribution in [1.82, 2.24) is 9.78 Å². The summed E-state index contributed by atoms with van der Waals surface area (Å²) < 4.78 is 6.38. The van der Waals surface area contributed by atoms with E-state index >= 15 is 0 Å². The summed E-state index contributed by atoms with van der Waals surface area (Å²) >= 11 is 0. The van der Waals surface area contributed by atoms with Crippen molar-refractivity contribution < 1.29 is 19.3 Å². The van der Waals surface area contributed by atoms with E-state index < -0.39 is 10.9 Å². The highest BCUT2D eigenvalue weighted by atomic mass is 16.7. The smallest absolute Gasteiger partial charge is 0.339 e. The number of nitrogens with two attached hydrogens (primary N) is 1. The number of oxime groups is 1. The molecule has 2 aromatic rings. The van der Waals surface area contributed by atoms with Gasteiger partial charge in [0.25, 0.3) is 0 Å². The molecule has 0 bridgehead atoms. The number of nitro groups is 1. The lowest BCUT2D eigenvalue weighted by molar-refractivity contribution is -0.386. The van der Waals surface area contributed by atoms with E-state index in [4.69, 9.17) is 15.3 Å². The van der Waals surface area contributed by atoms with Crippen molar-refractivity contribution in [1.29, 1.82) is 0 Å². The molecule has 10 nitrogen and oxygen atoms in total. The molecule has 0 saturated carbocycles. The Hall–Kier alpha value is -3.43. The zero-order chi connectivity index (χ0) is 19.3. The van der Waals surface area contributed by atoms with Gasteiger partial charge in [0.1, 0.15) is 23.7 Å². The fraction of sp³-hybridized carbons (Fsp3) is 0.312. The molecule has 138 valence electrons. The van der Waals surface area contributed by atoms with E-state index in [2.05, 4.69) is 10.3 Å². The quantitative estimate of drug-likeness (QED) is 0.259. The molecule has 0 spiro atoms. The van der Waals surface area contributed by atoms with E-state index in [1.165, 1.54) is 11.6 Å². The predicted octanol–water partition coefficient (Wildman–Crippen LogP) is 1.47. The van der Waals surface area contributed by atoms with E-state index in [9.17, 15) is 14.9 Å². The van der Waals surface area contributed by atoms with Gasteiger partial charge in [0.15, 0.2) is 5.84 Å². The van der Waals surface area contributed by atoms with Crippen LogP contribution in [0.3, 0.4) is 0 Å².